The number of ether oxygens (including phenoxy) is 1. The van der Waals surface area contributed by atoms with Gasteiger partial charge in [-0.3, -0.25) is 4.99 Å². The van der Waals surface area contributed by atoms with E-state index in [-0.39, 0.29) is 11.2 Å². The molecule has 0 unspecified atom stereocenters. The third-order valence-corrected chi connectivity index (χ3v) is 3.50. The van der Waals surface area contributed by atoms with Crippen LogP contribution in [-0.4, -0.2) is 18.4 Å². The summed E-state index contributed by atoms with van der Waals surface area (Å²) >= 11 is 0. The normalized spacial score (nSPS) is 11.8. The molecular weight excluding hydrogens is 274 g/mol. The summed E-state index contributed by atoms with van der Waals surface area (Å²) in [5.74, 6) is 0.994. The van der Waals surface area contributed by atoms with Gasteiger partial charge in [0.2, 0.25) is 0 Å². The Kier molecular flexibility index (Phi) is 4.86. The van der Waals surface area contributed by atoms with E-state index >= 15 is 0 Å². The number of rotatable bonds is 4. The van der Waals surface area contributed by atoms with Crippen LogP contribution >= 0.6 is 0 Å². The summed E-state index contributed by atoms with van der Waals surface area (Å²) in [6, 6.07) is 13.7. The summed E-state index contributed by atoms with van der Waals surface area (Å²) in [6.07, 6.45) is 1.71. The second kappa shape index (κ2) is 6.65. The molecule has 0 amide bonds. The van der Waals surface area contributed by atoms with Gasteiger partial charge >= 0.3 is 0 Å². The number of nitrogens with zero attached hydrogens (tertiary/aromatic N) is 1. The molecule has 0 aliphatic carbocycles. The summed E-state index contributed by atoms with van der Waals surface area (Å²) in [6.45, 7) is 6.77. The molecule has 0 heterocycles. The van der Waals surface area contributed by atoms with E-state index in [0.717, 1.165) is 16.9 Å². The fourth-order valence-electron chi connectivity index (χ4n) is 2.25. The maximum absolute atomic E-state index is 10.5. The Morgan fingerprint density at radius 1 is 1.14 bits per heavy atom. The topological polar surface area (TPSA) is 41.8 Å². The molecule has 0 aliphatic heterocycles. The van der Waals surface area contributed by atoms with E-state index in [9.17, 15) is 5.11 Å². The van der Waals surface area contributed by atoms with Crippen LogP contribution in [0.25, 0.3) is 0 Å². The molecule has 0 atom stereocenters. The fraction of sp³-hybridized carbons (Fsp3) is 0.316. The lowest BCUT2D eigenvalue weighted by molar-refractivity contribution is 0.405. The largest absolute Gasteiger partial charge is 0.507 e. The van der Waals surface area contributed by atoms with Gasteiger partial charge in [-0.15, -0.1) is 0 Å². The maximum atomic E-state index is 10.5. The first kappa shape index (κ1) is 16.1. The van der Waals surface area contributed by atoms with Crippen LogP contribution in [0, 0.1) is 0 Å². The first-order valence-corrected chi connectivity index (χ1v) is 7.37. The van der Waals surface area contributed by atoms with Crippen LogP contribution in [-0.2, 0) is 12.0 Å². The van der Waals surface area contributed by atoms with Crippen LogP contribution in [0.4, 0.5) is 0 Å². The van der Waals surface area contributed by atoms with E-state index in [0.29, 0.717) is 12.1 Å². The zero-order valence-corrected chi connectivity index (χ0v) is 13.6. The standard InChI is InChI=1S/C19H23NO2/c1-19(2,3)17-11-16(22-4)10-15(18(17)21)13-20-12-14-8-6-5-7-9-14/h5-11,13,21H,12H2,1-4H3. The quantitative estimate of drug-likeness (QED) is 0.854. The van der Waals surface area contributed by atoms with Crippen molar-refractivity contribution >= 4 is 6.21 Å². The molecule has 2 aromatic carbocycles. The van der Waals surface area contributed by atoms with Crippen molar-refractivity contribution in [2.24, 2.45) is 4.99 Å². The number of benzene rings is 2. The van der Waals surface area contributed by atoms with Crippen LogP contribution < -0.4 is 4.74 Å². The lowest BCUT2D eigenvalue weighted by Crippen LogP contribution is -2.12. The van der Waals surface area contributed by atoms with Crippen LogP contribution in [0.1, 0.15) is 37.5 Å². The van der Waals surface area contributed by atoms with Gasteiger partial charge in [0, 0.05) is 17.3 Å². The number of phenols is 1. The molecule has 0 aromatic heterocycles. The third-order valence-electron chi connectivity index (χ3n) is 3.50. The molecule has 0 saturated carbocycles. The molecular formula is C19H23NO2. The number of hydrogen-bond donors (Lipinski definition) is 1. The third kappa shape index (κ3) is 3.88. The van der Waals surface area contributed by atoms with Crippen molar-refractivity contribution in [3.63, 3.8) is 0 Å². The van der Waals surface area contributed by atoms with Crippen molar-refractivity contribution in [3.05, 3.63) is 59.2 Å². The van der Waals surface area contributed by atoms with Gasteiger partial charge in [-0.05, 0) is 23.1 Å². The number of methoxy groups -OCH3 is 1. The molecule has 0 aliphatic rings. The van der Waals surface area contributed by atoms with Crippen molar-refractivity contribution in [1.29, 1.82) is 0 Å². The van der Waals surface area contributed by atoms with Crippen molar-refractivity contribution in [2.75, 3.05) is 7.11 Å². The highest BCUT2D eigenvalue weighted by molar-refractivity contribution is 5.85. The van der Waals surface area contributed by atoms with Gasteiger partial charge in [-0.2, -0.15) is 0 Å². The fourth-order valence-corrected chi connectivity index (χ4v) is 2.25. The van der Waals surface area contributed by atoms with E-state index < -0.39 is 0 Å². The highest BCUT2D eigenvalue weighted by Crippen LogP contribution is 2.36. The van der Waals surface area contributed by atoms with E-state index in [1.54, 1.807) is 19.4 Å². The molecule has 0 radical (unpaired) electrons. The lowest BCUT2D eigenvalue weighted by Gasteiger charge is -2.22. The van der Waals surface area contributed by atoms with Crippen molar-refractivity contribution in [1.82, 2.24) is 0 Å². The molecule has 3 heteroatoms. The summed E-state index contributed by atoms with van der Waals surface area (Å²) in [7, 11) is 1.63. The minimum atomic E-state index is -0.166. The minimum absolute atomic E-state index is 0.166. The van der Waals surface area contributed by atoms with Crippen molar-refractivity contribution in [2.45, 2.75) is 32.7 Å². The highest BCUT2D eigenvalue weighted by Gasteiger charge is 2.21. The van der Waals surface area contributed by atoms with Gasteiger partial charge in [0.25, 0.3) is 0 Å². The summed E-state index contributed by atoms with van der Waals surface area (Å²) in [5, 5.41) is 10.5. The van der Waals surface area contributed by atoms with Crippen molar-refractivity contribution < 1.29 is 9.84 Å². The summed E-state index contributed by atoms with van der Waals surface area (Å²) in [5.41, 5.74) is 2.51. The second-order valence-corrected chi connectivity index (χ2v) is 6.32. The van der Waals surface area contributed by atoms with Gasteiger partial charge in [0.1, 0.15) is 11.5 Å². The average Bonchev–Trinajstić information content (AvgIpc) is 2.49. The maximum Gasteiger partial charge on any atom is 0.128 e. The van der Waals surface area contributed by atoms with E-state index in [4.69, 9.17) is 4.74 Å². The van der Waals surface area contributed by atoms with E-state index in [1.807, 2.05) is 36.4 Å². The van der Waals surface area contributed by atoms with E-state index in [1.165, 1.54) is 0 Å². The number of hydrogen-bond acceptors (Lipinski definition) is 3. The molecule has 0 spiro atoms. The Hall–Kier alpha value is -2.29. The highest BCUT2D eigenvalue weighted by atomic mass is 16.5. The monoisotopic (exact) mass is 297 g/mol. The molecule has 1 N–H and O–H groups in total. The van der Waals surface area contributed by atoms with Gasteiger partial charge < -0.3 is 9.84 Å². The van der Waals surface area contributed by atoms with Gasteiger partial charge in [0.05, 0.1) is 13.7 Å². The SMILES string of the molecule is COc1cc(C=NCc2ccccc2)c(O)c(C(C)(C)C)c1. The zero-order valence-electron chi connectivity index (χ0n) is 13.6. The Morgan fingerprint density at radius 3 is 2.41 bits per heavy atom. The Bertz CT molecular complexity index is 655. The van der Waals surface area contributed by atoms with Crippen LogP contribution in [0.5, 0.6) is 11.5 Å². The predicted molar refractivity (Wildman–Crippen MR) is 91.1 cm³/mol. The number of phenolic OH excluding ortho intramolecular Hbond substituents is 1. The Labute approximate surface area is 132 Å². The molecule has 0 saturated heterocycles. The summed E-state index contributed by atoms with van der Waals surface area (Å²) < 4.78 is 5.34. The lowest BCUT2D eigenvalue weighted by atomic mass is 9.85. The van der Waals surface area contributed by atoms with Crippen LogP contribution in [0.3, 0.4) is 0 Å². The average molecular weight is 297 g/mol. The molecule has 2 rings (SSSR count). The first-order valence-electron chi connectivity index (χ1n) is 7.37. The smallest absolute Gasteiger partial charge is 0.128 e. The van der Waals surface area contributed by atoms with Gasteiger partial charge in [-0.1, -0.05) is 51.1 Å². The Morgan fingerprint density at radius 2 is 1.82 bits per heavy atom. The number of aliphatic imine (C=N–C) groups is 1. The van der Waals surface area contributed by atoms with Gasteiger partial charge in [-0.25, -0.2) is 0 Å². The van der Waals surface area contributed by atoms with Crippen LogP contribution in [0.2, 0.25) is 0 Å². The molecule has 3 nitrogen and oxygen atoms in total. The predicted octanol–water partition coefficient (Wildman–Crippen LogP) is 4.32. The molecule has 0 bridgehead atoms. The molecule has 0 fully saturated rings. The molecule has 116 valence electrons. The zero-order chi connectivity index (χ0) is 16.2. The molecule has 22 heavy (non-hydrogen) atoms. The van der Waals surface area contributed by atoms with Crippen LogP contribution in [0.15, 0.2) is 47.5 Å². The number of aromatic hydroxyl groups is 1. The van der Waals surface area contributed by atoms with Crippen molar-refractivity contribution in [3.8, 4) is 11.5 Å². The second-order valence-electron chi connectivity index (χ2n) is 6.32. The Balaban J connectivity index is 2.30. The van der Waals surface area contributed by atoms with E-state index in [2.05, 4.69) is 25.8 Å². The summed E-state index contributed by atoms with van der Waals surface area (Å²) in [4.78, 5) is 4.43. The molecule has 2 aromatic rings. The van der Waals surface area contributed by atoms with Gasteiger partial charge in [0.15, 0.2) is 0 Å². The minimum Gasteiger partial charge on any atom is -0.507 e. The first-order chi connectivity index (χ1) is 10.4.